The molecule has 0 amide bonds. The third kappa shape index (κ3) is 1.01. The van der Waals surface area contributed by atoms with Crippen molar-refractivity contribution in [2.75, 3.05) is 7.11 Å². The summed E-state index contributed by atoms with van der Waals surface area (Å²) in [5.41, 5.74) is -0.513. The molecule has 0 aromatic carbocycles. The molecule has 3 nitrogen and oxygen atoms in total. The van der Waals surface area contributed by atoms with Gasteiger partial charge in [-0.1, -0.05) is 0 Å². The first-order chi connectivity index (χ1) is 4.58. The van der Waals surface area contributed by atoms with E-state index in [0.717, 1.165) is 0 Å². The average molecular weight is 144 g/mol. The molecule has 1 aliphatic rings. The molecule has 1 saturated carbocycles. The highest BCUT2D eigenvalue weighted by molar-refractivity contribution is 5.75. The fraction of sp³-hybridized carbons (Fsp3) is 0.857. The lowest BCUT2D eigenvalue weighted by molar-refractivity contribution is -0.162. The zero-order valence-corrected chi connectivity index (χ0v) is 6.26. The smallest absolute Gasteiger partial charge is 0.309 e. The average Bonchev–Trinajstić information content (AvgIpc) is 1.80. The zero-order valence-electron chi connectivity index (χ0n) is 6.26. The van der Waals surface area contributed by atoms with Crippen LogP contribution in [0.3, 0.4) is 0 Å². The van der Waals surface area contributed by atoms with Crippen LogP contribution < -0.4 is 0 Å². The second-order valence-electron chi connectivity index (χ2n) is 3.13. The third-order valence-electron chi connectivity index (χ3n) is 2.21. The van der Waals surface area contributed by atoms with Crippen molar-refractivity contribution >= 4 is 5.97 Å². The van der Waals surface area contributed by atoms with Crippen molar-refractivity contribution in [3.8, 4) is 0 Å². The summed E-state index contributed by atoms with van der Waals surface area (Å²) in [7, 11) is 1.62. The van der Waals surface area contributed by atoms with Gasteiger partial charge in [0.05, 0.1) is 11.5 Å². The van der Waals surface area contributed by atoms with E-state index in [-0.39, 0.29) is 6.10 Å². The Labute approximate surface area is 60.0 Å². The van der Waals surface area contributed by atoms with E-state index in [4.69, 9.17) is 9.84 Å². The molecule has 0 spiro atoms. The van der Waals surface area contributed by atoms with Crippen LogP contribution in [-0.4, -0.2) is 24.3 Å². The summed E-state index contributed by atoms with van der Waals surface area (Å²) in [6, 6.07) is 0. The quantitative estimate of drug-likeness (QED) is 0.626. The Morgan fingerprint density at radius 2 is 2.20 bits per heavy atom. The first-order valence-electron chi connectivity index (χ1n) is 3.35. The maximum Gasteiger partial charge on any atom is 0.309 e. The van der Waals surface area contributed by atoms with Crippen LogP contribution in [0, 0.1) is 5.41 Å². The molecule has 1 aliphatic carbocycles. The lowest BCUT2D eigenvalue weighted by atomic mass is 9.68. The highest BCUT2D eigenvalue weighted by Crippen LogP contribution is 2.42. The number of rotatable bonds is 2. The Morgan fingerprint density at radius 3 is 2.50 bits per heavy atom. The molecule has 0 aromatic heterocycles. The van der Waals surface area contributed by atoms with E-state index in [1.54, 1.807) is 14.0 Å². The van der Waals surface area contributed by atoms with Gasteiger partial charge in [0.15, 0.2) is 0 Å². The van der Waals surface area contributed by atoms with Crippen LogP contribution in [0.4, 0.5) is 0 Å². The van der Waals surface area contributed by atoms with E-state index in [9.17, 15) is 4.79 Å². The molecule has 1 rings (SSSR count). The fourth-order valence-corrected chi connectivity index (χ4v) is 1.29. The molecule has 1 N–H and O–H groups in total. The van der Waals surface area contributed by atoms with Crippen molar-refractivity contribution in [1.29, 1.82) is 0 Å². The zero-order chi connectivity index (χ0) is 7.78. The maximum atomic E-state index is 10.5. The number of carboxylic acids is 1. The molecule has 0 bridgehead atoms. The maximum absolute atomic E-state index is 10.5. The van der Waals surface area contributed by atoms with E-state index in [1.807, 2.05) is 0 Å². The molecule has 1 fully saturated rings. The predicted octanol–water partition coefficient (Wildman–Crippen LogP) is 0.886. The molecule has 0 aromatic rings. The van der Waals surface area contributed by atoms with Gasteiger partial charge in [-0.2, -0.15) is 0 Å². The number of ether oxygens (including phenoxy) is 1. The molecule has 0 saturated heterocycles. The number of hydrogen-bond acceptors (Lipinski definition) is 2. The Bertz CT molecular complexity index is 147. The van der Waals surface area contributed by atoms with Crippen molar-refractivity contribution in [3.63, 3.8) is 0 Å². The number of hydrogen-bond donors (Lipinski definition) is 1. The van der Waals surface area contributed by atoms with Gasteiger partial charge < -0.3 is 9.84 Å². The van der Waals surface area contributed by atoms with Gasteiger partial charge in [-0.25, -0.2) is 0 Å². The summed E-state index contributed by atoms with van der Waals surface area (Å²) in [6.07, 6.45) is 1.47. The van der Waals surface area contributed by atoms with Crippen LogP contribution in [0.15, 0.2) is 0 Å². The largest absolute Gasteiger partial charge is 0.481 e. The highest BCUT2D eigenvalue weighted by Gasteiger charge is 2.46. The molecule has 3 heteroatoms. The monoisotopic (exact) mass is 144 g/mol. The third-order valence-corrected chi connectivity index (χ3v) is 2.21. The number of carbonyl (C=O) groups is 1. The molecule has 0 aliphatic heterocycles. The van der Waals surface area contributed by atoms with Gasteiger partial charge in [-0.15, -0.1) is 0 Å². The van der Waals surface area contributed by atoms with Crippen LogP contribution in [0.2, 0.25) is 0 Å². The van der Waals surface area contributed by atoms with Crippen molar-refractivity contribution in [2.45, 2.75) is 25.9 Å². The standard InChI is InChI=1S/C7H12O3/c1-7(6(8)9)3-5(4-7)10-2/h5H,3-4H2,1-2H3,(H,8,9). The first-order valence-corrected chi connectivity index (χ1v) is 3.35. The molecule has 10 heavy (non-hydrogen) atoms. The summed E-state index contributed by atoms with van der Waals surface area (Å²) in [5, 5.41) is 8.65. The minimum Gasteiger partial charge on any atom is -0.481 e. The van der Waals surface area contributed by atoms with E-state index >= 15 is 0 Å². The minimum absolute atomic E-state index is 0.168. The SMILES string of the molecule is COC1CC(C)(C(=O)O)C1. The number of methoxy groups -OCH3 is 1. The van der Waals surface area contributed by atoms with Gasteiger partial charge in [-0.05, 0) is 19.8 Å². The summed E-state index contributed by atoms with van der Waals surface area (Å²) in [5.74, 6) is -0.708. The van der Waals surface area contributed by atoms with E-state index in [1.165, 1.54) is 0 Å². The van der Waals surface area contributed by atoms with Crippen molar-refractivity contribution in [1.82, 2.24) is 0 Å². The van der Waals surface area contributed by atoms with E-state index in [0.29, 0.717) is 12.8 Å². The van der Waals surface area contributed by atoms with Gasteiger partial charge >= 0.3 is 5.97 Å². The predicted molar refractivity (Wildman–Crippen MR) is 35.8 cm³/mol. The molecular weight excluding hydrogens is 132 g/mol. The lowest BCUT2D eigenvalue weighted by Crippen LogP contribution is -2.45. The second-order valence-corrected chi connectivity index (χ2v) is 3.13. The van der Waals surface area contributed by atoms with Crippen molar-refractivity contribution < 1.29 is 14.6 Å². The van der Waals surface area contributed by atoms with Gasteiger partial charge in [0.2, 0.25) is 0 Å². The highest BCUT2D eigenvalue weighted by atomic mass is 16.5. The van der Waals surface area contributed by atoms with Crippen LogP contribution in [0.5, 0.6) is 0 Å². The summed E-state index contributed by atoms with van der Waals surface area (Å²) in [4.78, 5) is 10.5. The van der Waals surface area contributed by atoms with Gasteiger partial charge in [-0.3, -0.25) is 4.79 Å². The molecule has 0 unspecified atom stereocenters. The van der Waals surface area contributed by atoms with Crippen molar-refractivity contribution in [2.24, 2.45) is 5.41 Å². The molecule has 0 atom stereocenters. The van der Waals surface area contributed by atoms with E-state index in [2.05, 4.69) is 0 Å². The minimum atomic E-state index is -0.708. The Hall–Kier alpha value is -0.570. The normalized spacial score (nSPS) is 38.8. The van der Waals surface area contributed by atoms with Crippen molar-refractivity contribution in [3.05, 3.63) is 0 Å². The first kappa shape index (κ1) is 7.54. The molecule has 58 valence electrons. The molecular formula is C7H12O3. The van der Waals surface area contributed by atoms with Gasteiger partial charge in [0, 0.05) is 7.11 Å². The summed E-state index contributed by atoms with van der Waals surface area (Å²) in [6.45, 7) is 1.75. The summed E-state index contributed by atoms with van der Waals surface area (Å²) < 4.78 is 4.97. The molecule has 0 heterocycles. The van der Waals surface area contributed by atoms with Gasteiger partial charge in [0.1, 0.15) is 0 Å². The lowest BCUT2D eigenvalue weighted by Gasteiger charge is -2.40. The Kier molecular flexibility index (Phi) is 1.68. The van der Waals surface area contributed by atoms with Crippen LogP contribution in [0.25, 0.3) is 0 Å². The topological polar surface area (TPSA) is 46.5 Å². The fourth-order valence-electron chi connectivity index (χ4n) is 1.29. The number of aliphatic carboxylic acids is 1. The van der Waals surface area contributed by atoms with Crippen LogP contribution in [-0.2, 0) is 9.53 Å². The summed E-state index contributed by atoms with van der Waals surface area (Å²) >= 11 is 0. The number of carboxylic acid groups (broad SMARTS) is 1. The van der Waals surface area contributed by atoms with E-state index < -0.39 is 11.4 Å². The Morgan fingerprint density at radius 1 is 1.70 bits per heavy atom. The Balaban J connectivity index is 2.42. The van der Waals surface area contributed by atoms with Crippen LogP contribution >= 0.6 is 0 Å². The van der Waals surface area contributed by atoms with Crippen LogP contribution in [0.1, 0.15) is 19.8 Å². The second kappa shape index (κ2) is 2.23. The van der Waals surface area contributed by atoms with Gasteiger partial charge in [0.25, 0.3) is 0 Å². The molecule has 0 radical (unpaired) electrons.